The van der Waals surface area contributed by atoms with Gasteiger partial charge in [0.2, 0.25) is 0 Å². The number of nitrogens with one attached hydrogen (secondary N) is 1. The predicted octanol–water partition coefficient (Wildman–Crippen LogP) is 4.05. The second-order valence-corrected chi connectivity index (χ2v) is 5.13. The Morgan fingerprint density at radius 2 is 2.06 bits per heavy atom. The maximum atomic E-state index is 13.1. The van der Waals surface area contributed by atoms with Crippen LogP contribution in [0.15, 0.2) is 12.1 Å². The van der Waals surface area contributed by atoms with E-state index in [4.69, 9.17) is 17.3 Å². The van der Waals surface area contributed by atoms with Crippen molar-refractivity contribution in [2.75, 3.05) is 17.6 Å². The van der Waals surface area contributed by atoms with E-state index < -0.39 is 5.82 Å². The molecule has 0 aliphatic heterocycles. The van der Waals surface area contributed by atoms with Crippen LogP contribution < -0.4 is 11.1 Å². The van der Waals surface area contributed by atoms with E-state index in [1.54, 1.807) is 6.07 Å². The third-order valence-corrected chi connectivity index (χ3v) is 3.72. The normalized spacial score (nSPS) is 16.4. The highest BCUT2D eigenvalue weighted by atomic mass is 35.5. The maximum absolute atomic E-state index is 13.1. The molecule has 0 spiro atoms. The summed E-state index contributed by atoms with van der Waals surface area (Å²) >= 11 is 5.72. The van der Waals surface area contributed by atoms with Crippen LogP contribution in [-0.4, -0.2) is 6.54 Å². The van der Waals surface area contributed by atoms with Crippen molar-refractivity contribution in [1.82, 2.24) is 0 Å². The minimum Gasteiger partial charge on any atom is -0.397 e. The molecule has 17 heavy (non-hydrogen) atoms. The average molecular weight is 257 g/mol. The summed E-state index contributed by atoms with van der Waals surface area (Å²) in [5, 5.41) is 3.35. The molecule has 3 N–H and O–H groups in total. The molecule has 0 radical (unpaired) electrons. The Morgan fingerprint density at radius 3 is 2.76 bits per heavy atom. The maximum Gasteiger partial charge on any atom is 0.143 e. The van der Waals surface area contributed by atoms with Gasteiger partial charge in [0.15, 0.2) is 0 Å². The quantitative estimate of drug-likeness (QED) is 0.798. The van der Waals surface area contributed by atoms with E-state index in [1.165, 1.54) is 31.7 Å². The van der Waals surface area contributed by atoms with E-state index in [9.17, 15) is 4.39 Å². The van der Waals surface area contributed by atoms with Crippen LogP contribution in [0.1, 0.15) is 32.1 Å². The molecule has 0 bridgehead atoms. The molecule has 94 valence electrons. The van der Waals surface area contributed by atoms with Gasteiger partial charge < -0.3 is 11.1 Å². The summed E-state index contributed by atoms with van der Waals surface area (Å²) in [5.41, 5.74) is 6.87. The fourth-order valence-electron chi connectivity index (χ4n) is 2.43. The Bertz CT molecular complexity index is 389. The lowest BCUT2D eigenvalue weighted by Crippen LogP contribution is -2.08. The van der Waals surface area contributed by atoms with Crippen molar-refractivity contribution in [3.8, 4) is 0 Å². The van der Waals surface area contributed by atoms with E-state index in [-0.39, 0.29) is 5.02 Å². The van der Waals surface area contributed by atoms with Gasteiger partial charge in [0.25, 0.3) is 0 Å². The molecule has 1 saturated carbocycles. The summed E-state index contributed by atoms with van der Waals surface area (Å²) in [6.07, 6.45) is 6.53. The molecule has 0 atom stereocenters. The first-order chi connectivity index (χ1) is 8.16. The number of hydrogen-bond acceptors (Lipinski definition) is 2. The van der Waals surface area contributed by atoms with Gasteiger partial charge in [-0.2, -0.15) is 0 Å². The largest absolute Gasteiger partial charge is 0.397 e. The number of nitrogen functional groups attached to an aromatic ring is 1. The molecule has 0 unspecified atom stereocenters. The number of nitrogens with two attached hydrogens (primary N) is 1. The number of halogens is 2. The molecule has 1 aliphatic rings. The molecule has 1 aromatic carbocycles. The van der Waals surface area contributed by atoms with E-state index in [0.29, 0.717) is 5.69 Å². The van der Waals surface area contributed by atoms with Gasteiger partial charge in [-0.25, -0.2) is 4.39 Å². The number of rotatable bonds is 4. The molecule has 2 rings (SSSR count). The monoisotopic (exact) mass is 256 g/mol. The smallest absolute Gasteiger partial charge is 0.143 e. The third kappa shape index (κ3) is 3.25. The first-order valence-corrected chi connectivity index (χ1v) is 6.53. The highest BCUT2D eigenvalue weighted by molar-refractivity contribution is 6.31. The van der Waals surface area contributed by atoms with Gasteiger partial charge in [-0.15, -0.1) is 0 Å². The highest BCUT2D eigenvalue weighted by Gasteiger charge is 2.14. The zero-order chi connectivity index (χ0) is 12.3. The number of hydrogen-bond donors (Lipinski definition) is 2. The lowest BCUT2D eigenvalue weighted by atomic mass is 10.0. The Kier molecular flexibility index (Phi) is 4.11. The SMILES string of the molecule is Nc1cc(F)c(Cl)cc1NCCC1CCCC1. The van der Waals surface area contributed by atoms with Crippen LogP contribution in [0.5, 0.6) is 0 Å². The average Bonchev–Trinajstić information content (AvgIpc) is 2.78. The molecule has 4 heteroatoms. The van der Waals surface area contributed by atoms with Crippen LogP contribution in [0, 0.1) is 11.7 Å². The van der Waals surface area contributed by atoms with Gasteiger partial charge in [0.05, 0.1) is 16.4 Å². The standard InChI is InChI=1S/C13H18ClFN2/c14-10-7-13(12(16)8-11(10)15)17-6-5-9-3-1-2-4-9/h7-9,17H,1-6,16H2. The molecule has 0 saturated heterocycles. The van der Waals surface area contributed by atoms with Crippen LogP contribution in [0.2, 0.25) is 5.02 Å². The lowest BCUT2D eigenvalue weighted by molar-refractivity contribution is 0.518. The Labute approximate surface area is 106 Å². The van der Waals surface area contributed by atoms with Crippen molar-refractivity contribution >= 4 is 23.0 Å². The second kappa shape index (κ2) is 5.58. The van der Waals surface area contributed by atoms with E-state index in [2.05, 4.69) is 5.32 Å². The zero-order valence-electron chi connectivity index (χ0n) is 9.81. The number of anilines is 2. The summed E-state index contributed by atoms with van der Waals surface area (Å²) in [4.78, 5) is 0. The Balaban J connectivity index is 1.87. The van der Waals surface area contributed by atoms with Crippen LogP contribution in [0.3, 0.4) is 0 Å². The van der Waals surface area contributed by atoms with Crippen molar-refractivity contribution in [3.05, 3.63) is 23.0 Å². The Morgan fingerprint density at radius 1 is 1.35 bits per heavy atom. The van der Waals surface area contributed by atoms with Gasteiger partial charge in [-0.3, -0.25) is 0 Å². The van der Waals surface area contributed by atoms with Crippen molar-refractivity contribution in [2.45, 2.75) is 32.1 Å². The molecular weight excluding hydrogens is 239 g/mol. The summed E-state index contributed by atoms with van der Waals surface area (Å²) in [6, 6.07) is 2.82. The van der Waals surface area contributed by atoms with E-state index in [1.807, 2.05) is 0 Å². The fourth-order valence-corrected chi connectivity index (χ4v) is 2.59. The summed E-state index contributed by atoms with van der Waals surface area (Å²) in [7, 11) is 0. The molecule has 2 nitrogen and oxygen atoms in total. The van der Waals surface area contributed by atoms with Gasteiger partial charge in [-0.05, 0) is 18.4 Å². The highest BCUT2D eigenvalue weighted by Crippen LogP contribution is 2.29. The van der Waals surface area contributed by atoms with Crippen molar-refractivity contribution in [1.29, 1.82) is 0 Å². The van der Waals surface area contributed by atoms with Crippen LogP contribution in [-0.2, 0) is 0 Å². The van der Waals surface area contributed by atoms with Crippen LogP contribution in [0.4, 0.5) is 15.8 Å². The lowest BCUT2D eigenvalue weighted by Gasteiger charge is -2.13. The Hall–Kier alpha value is -0.960. The second-order valence-electron chi connectivity index (χ2n) is 4.72. The van der Waals surface area contributed by atoms with E-state index >= 15 is 0 Å². The minimum atomic E-state index is -0.467. The van der Waals surface area contributed by atoms with E-state index in [0.717, 1.165) is 24.6 Å². The molecule has 0 amide bonds. The van der Waals surface area contributed by atoms with Gasteiger partial charge in [-0.1, -0.05) is 37.3 Å². The predicted molar refractivity (Wildman–Crippen MR) is 70.9 cm³/mol. The van der Waals surface area contributed by atoms with Crippen molar-refractivity contribution < 1.29 is 4.39 Å². The first-order valence-electron chi connectivity index (χ1n) is 6.15. The molecule has 0 aromatic heterocycles. The topological polar surface area (TPSA) is 38.0 Å². The van der Waals surface area contributed by atoms with Gasteiger partial charge in [0.1, 0.15) is 5.82 Å². The fraction of sp³-hybridized carbons (Fsp3) is 0.538. The van der Waals surface area contributed by atoms with Gasteiger partial charge >= 0.3 is 0 Å². The van der Waals surface area contributed by atoms with Crippen molar-refractivity contribution in [3.63, 3.8) is 0 Å². The number of benzene rings is 1. The molecule has 0 heterocycles. The van der Waals surface area contributed by atoms with Gasteiger partial charge in [0, 0.05) is 12.6 Å². The summed E-state index contributed by atoms with van der Waals surface area (Å²) in [5.74, 6) is 0.366. The molecular formula is C13H18ClFN2. The van der Waals surface area contributed by atoms with Crippen molar-refractivity contribution in [2.24, 2.45) is 5.92 Å². The molecule has 1 aromatic rings. The zero-order valence-corrected chi connectivity index (χ0v) is 10.6. The minimum absolute atomic E-state index is 0.113. The van der Waals surface area contributed by atoms with Crippen LogP contribution in [0.25, 0.3) is 0 Å². The summed E-state index contributed by atoms with van der Waals surface area (Å²) in [6.45, 7) is 0.872. The molecule has 1 fully saturated rings. The molecule has 1 aliphatic carbocycles. The first kappa shape index (κ1) is 12.5. The van der Waals surface area contributed by atoms with Crippen LogP contribution >= 0.6 is 11.6 Å². The summed E-state index contributed by atoms with van der Waals surface area (Å²) < 4.78 is 13.1. The third-order valence-electron chi connectivity index (χ3n) is 3.44.